The number of amides is 1. The van der Waals surface area contributed by atoms with Crippen molar-refractivity contribution in [3.05, 3.63) is 23.8 Å². The summed E-state index contributed by atoms with van der Waals surface area (Å²) in [6.07, 6.45) is 5.66. The van der Waals surface area contributed by atoms with Crippen molar-refractivity contribution in [2.24, 2.45) is 11.8 Å². The number of rotatable bonds is 7. The van der Waals surface area contributed by atoms with Crippen molar-refractivity contribution in [3.8, 4) is 5.75 Å². The number of methoxy groups -OCH3 is 1. The third-order valence-corrected chi connectivity index (χ3v) is 8.46. The summed E-state index contributed by atoms with van der Waals surface area (Å²) in [6.45, 7) is 1.53. The van der Waals surface area contributed by atoms with Gasteiger partial charge < -0.3 is 14.8 Å². The average Bonchev–Trinajstić information content (AvgIpc) is 3.36. The van der Waals surface area contributed by atoms with E-state index >= 15 is 0 Å². The maximum Gasteiger partial charge on any atom is 0.243 e. The molecule has 1 amide bonds. The lowest BCUT2D eigenvalue weighted by molar-refractivity contribution is -0.122. The fourth-order valence-electron chi connectivity index (χ4n) is 5.00. The number of morpholine rings is 1. The molecule has 2 aliphatic carbocycles. The molecule has 0 aromatic heterocycles. The second-order valence-corrected chi connectivity index (χ2v) is 10.3. The lowest BCUT2D eigenvalue weighted by Crippen LogP contribution is -2.40. The largest absolute Gasteiger partial charge is 0.496 e. The van der Waals surface area contributed by atoms with Gasteiger partial charge in [0.25, 0.3) is 0 Å². The van der Waals surface area contributed by atoms with Gasteiger partial charge in [-0.2, -0.15) is 4.31 Å². The molecule has 7 nitrogen and oxygen atoms in total. The van der Waals surface area contributed by atoms with Crippen molar-refractivity contribution in [2.45, 2.75) is 49.5 Å². The molecule has 2 saturated carbocycles. The van der Waals surface area contributed by atoms with E-state index in [-0.39, 0.29) is 10.8 Å². The smallest absolute Gasteiger partial charge is 0.243 e. The van der Waals surface area contributed by atoms with Gasteiger partial charge in [-0.15, -0.1) is 0 Å². The molecule has 3 aliphatic rings. The second-order valence-electron chi connectivity index (χ2n) is 8.34. The lowest BCUT2D eigenvalue weighted by Gasteiger charge is -2.26. The summed E-state index contributed by atoms with van der Waals surface area (Å²) in [7, 11) is -2.02. The molecule has 3 atom stereocenters. The number of nitrogens with zero attached hydrogens (tertiary/aromatic N) is 1. The van der Waals surface area contributed by atoms with E-state index in [0.717, 1.165) is 17.9 Å². The van der Waals surface area contributed by atoms with Crippen molar-refractivity contribution >= 4 is 15.9 Å². The second kappa shape index (κ2) is 8.62. The van der Waals surface area contributed by atoms with E-state index in [1.54, 1.807) is 25.3 Å². The van der Waals surface area contributed by atoms with E-state index in [0.29, 0.717) is 56.9 Å². The molecule has 29 heavy (non-hydrogen) atoms. The SMILES string of the molecule is COc1ccc(S(=O)(=O)N2CCOCC2)cc1CCC(=O)N[C@H]1C[C@H]2CC[C@@H]1C2. The zero-order valence-corrected chi connectivity index (χ0v) is 17.7. The molecule has 1 saturated heterocycles. The number of ether oxygens (including phenoxy) is 2. The summed E-state index contributed by atoms with van der Waals surface area (Å²) in [5.41, 5.74) is 0.741. The first kappa shape index (κ1) is 20.6. The number of benzene rings is 1. The van der Waals surface area contributed by atoms with Gasteiger partial charge in [0, 0.05) is 25.6 Å². The molecule has 1 aliphatic heterocycles. The highest BCUT2D eigenvalue weighted by molar-refractivity contribution is 7.89. The number of sulfonamides is 1. The number of aryl methyl sites for hydroxylation is 1. The van der Waals surface area contributed by atoms with Gasteiger partial charge in [-0.1, -0.05) is 6.42 Å². The number of hydrogen-bond donors (Lipinski definition) is 1. The third kappa shape index (κ3) is 4.44. The van der Waals surface area contributed by atoms with Crippen LogP contribution in [0.3, 0.4) is 0 Å². The molecule has 160 valence electrons. The number of nitrogens with one attached hydrogen (secondary N) is 1. The minimum atomic E-state index is -3.58. The topological polar surface area (TPSA) is 84.9 Å². The van der Waals surface area contributed by atoms with Crippen molar-refractivity contribution in [2.75, 3.05) is 33.4 Å². The highest BCUT2D eigenvalue weighted by Crippen LogP contribution is 2.44. The van der Waals surface area contributed by atoms with Crippen LogP contribution in [0, 0.1) is 11.8 Å². The van der Waals surface area contributed by atoms with Crippen LogP contribution < -0.4 is 10.1 Å². The molecule has 0 spiro atoms. The van der Waals surface area contributed by atoms with Crippen molar-refractivity contribution in [3.63, 3.8) is 0 Å². The summed E-state index contributed by atoms with van der Waals surface area (Å²) in [6, 6.07) is 5.21. The van der Waals surface area contributed by atoms with Crippen LogP contribution in [0.2, 0.25) is 0 Å². The molecule has 4 rings (SSSR count). The Morgan fingerprint density at radius 2 is 2.03 bits per heavy atom. The van der Waals surface area contributed by atoms with Gasteiger partial charge in [-0.3, -0.25) is 4.79 Å². The van der Waals surface area contributed by atoms with E-state index in [9.17, 15) is 13.2 Å². The molecule has 3 fully saturated rings. The molecule has 2 bridgehead atoms. The first-order valence-electron chi connectivity index (χ1n) is 10.5. The Morgan fingerprint density at radius 3 is 2.69 bits per heavy atom. The van der Waals surface area contributed by atoms with Gasteiger partial charge in [-0.05, 0) is 61.3 Å². The summed E-state index contributed by atoms with van der Waals surface area (Å²) < 4.78 is 38.0. The molecule has 8 heteroatoms. The van der Waals surface area contributed by atoms with E-state index in [2.05, 4.69) is 5.32 Å². The number of fused-ring (bicyclic) bond motifs is 2. The Balaban J connectivity index is 1.42. The first-order valence-corrected chi connectivity index (χ1v) is 12.0. The van der Waals surface area contributed by atoms with Crippen LogP contribution in [0.1, 0.15) is 37.7 Å². The molecule has 1 N–H and O–H groups in total. The average molecular weight is 423 g/mol. The summed E-state index contributed by atoms with van der Waals surface area (Å²) in [5, 5.41) is 3.19. The summed E-state index contributed by atoms with van der Waals surface area (Å²) in [5.74, 6) is 2.07. The maximum atomic E-state index is 12.9. The van der Waals surface area contributed by atoms with Crippen LogP contribution >= 0.6 is 0 Å². The van der Waals surface area contributed by atoms with Gasteiger partial charge in [0.15, 0.2) is 0 Å². The maximum absolute atomic E-state index is 12.9. The predicted molar refractivity (Wildman–Crippen MR) is 108 cm³/mol. The zero-order valence-electron chi connectivity index (χ0n) is 16.9. The fraction of sp³-hybridized carbons (Fsp3) is 0.667. The third-order valence-electron chi connectivity index (χ3n) is 6.57. The number of carbonyl (C=O) groups is 1. The molecular weight excluding hydrogens is 392 g/mol. The quantitative estimate of drug-likeness (QED) is 0.726. The molecular formula is C21H30N2O5S. The van der Waals surface area contributed by atoms with E-state index in [1.807, 2.05) is 0 Å². The highest BCUT2D eigenvalue weighted by Gasteiger charge is 2.40. The molecule has 0 radical (unpaired) electrons. The van der Waals surface area contributed by atoms with Crippen LogP contribution in [0.15, 0.2) is 23.1 Å². The zero-order chi connectivity index (χ0) is 20.4. The normalized spacial score (nSPS) is 27.1. The van der Waals surface area contributed by atoms with Crippen LogP contribution in [0.4, 0.5) is 0 Å². The van der Waals surface area contributed by atoms with E-state index in [1.165, 1.54) is 23.6 Å². The summed E-state index contributed by atoms with van der Waals surface area (Å²) in [4.78, 5) is 12.7. The van der Waals surface area contributed by atoms with Crippen molar-refractivity contribution in [1.29, 1.82) is 0 Å². The van der Waals surface area contributed by atoms with Gasteiger partial charge in [-0.25, -0.2) is 8.42 Å². The minimum absolute atomic E-state index is 0.0334. The van der Waals surface area contributed by atoms with Crippen LogP contribution in [-0.2, 0) is 26.0 Å². The van der Waals surface area contributed by atoms with Crippen LogP contribution in [0.25, 0.3) is 0 Å². The lowest BCUT2D eigenvalue weighted by atomic mass is 9.95. The summed E-state index contributed by atoms with van der Waals surface area (Å²) >= 11 is 0. The molecule has 0 unspecified atom stereocenters. The Morgan fingerprint density at radius 1 is 1.24 bits per heavy atom. The van der Waals surface area contributed by atoms with Crippen LogP contribution in [0.5, 0.6) is 5.75 Å². The molecule has 1 aromatic rings. The number of hydrogen-bond acceptors (Lipinski definition) is 5. The Bertz CT molecular complexity index is 851. The minimum Gasteiger partial charge on any atom is -0.496 e. The van der Waals surface area contributed by atoms with E-state index in [4.69, 9.17) is 9.47 Å². The van der Waals surface area contributed by atoms with Gasteiger partial charge in [0.05, 0.1) is 25.2 Å². The molecule has 1 aromatic carbocycles. The Labute approximate surface area is 172 Å². The monoisotopic (exact) mass is 422 g/mol. The predicted octanol–water partition coefficient (Wildman–Crippen LogP) is 1.95. The standard InChI is InChI=1S/C21H30N2O5S/c1-27-20-6-5-18(29(25,26)23-8-10-28-11-9-23)14-17(20)4-7-21(24)22-19-13-15-2-3-16(19)12-15/h5-6,14-16,19H,2-4,7-13H2,1H3,(H,22,24)/t15-,16+,19-/m0/s1. The highest BCUT2D eigenvalue weighted by atomic mass is 32.2. The van der Waals surface area contributed by atoms with Crippen molar-refractivity contribution < 1.29 is 22.7 Å². The van der Waals surface area contributed by atoms with Crippen LogP contribution in [-0.4, -0.2) is 58.1 Å². The first-order chi connectivity index (χ1) is 14.0. The Hall–Kier alpha value is -1.64. The Kier molecular flexibility index (Phi) is 6.13. The number of carbonyl (C=O) groups excluding carboxylic acids is 1. The van der Waals surface area contributed by atoms with Gasteiger partial charge in [0.1, 0.15) is 5.75 Å². The van der Waals surface area contributed by atoms with E-state index < -0.39 is 10.0 Å². The van der Waals surface area contributed by atoms with Crippen molar-refractivity contribution in [1.82, 2.24) is 9.62 Å². The van der Waals surface area contributed by atoms with Gasteiger partial charge in [0.2, 0.25) is 15.9 Å². The molecule has 1 heterocycles. The van der Waals surface area contributed by atoms with Gasteiger partial charge >= 0.3 is 0 Å². The fourth-order valence-corrected chi connectivity index (χ4v) is 6.45.